The largest absolute Gasteiger partial charge is 0.378 e. The predicted octanol–water partition coefficient (Wildman–Crippen LogP) is 3.33. The fourth-order valence-electron chi connectivity index (χ4n) is 3.01. The number of nitrogens with one attached hydrogen (secondary N) is 1. The molecule has 1 N–H and O–H groups in total. The Morgan fingerprint density at radius 2 is 2.21 bits per heavy atom. The Hall–Kier alpha value is -0.860. The Morgan fingerprint density at radius 1 is 1.37 bits per heavy atom. The summed E-state index contributed by atoms with van der Waals surface area (Å²) >= 11 is 0. The van der Waals surface area contributed by atoms with Gasteiger partial charge in [-0.1, -0.05) is 24.3 Å². The van der Waals surface area contributed by atoms with E-state index in [1.54, 1.807) is 0 Å². The van der Waals surface area contributed by atoms with E-state index in [0.717, 1.165) is 19.1 Å². The molecule has 1 saturated heterocycles. The van der Waals surface area contributed by atoms with Crippen LogP contribution < -0.4 is 5.32 Å². The molecule has 0 amide bonds. The second kappa shape index (κ2) is 7.66. The van der Waals surface area contributed by atoms with Crippen molar-refractivity contribution in [3.8, 4) is 0 Å². The van der Waals surface area contributed by atoms with Gasteiger partial charge >= 0.3 is 0 Å². The van der Waals surface area contributed by atoms with Gasteiger partial charge in [-0.3, -0.25) is 0 Å². The van der Waals surface area contributed by atoms with Crippen molar-refractivity contribution in [2.75, 3.05) is 20.2 Å². The number of aryl methyl sites for hydroxylation is 1. The molecule has 1 fully saturated rings. The molecular weight excluding hydrogens is 234 g/mol. The lowest BCUT2D eigenvalue weighted by molar-refractivity contribution is 0.0980. The van der Waals surface area contributed by atoms with Crippen LogP contribution in [0.3, 0.4) is 0 Å². The zero-order valence-electron chi connectivity index (χ0n) is 12.3. The van der Waals surface area contributed by atoms with Gasteiger partial charge in [0.25, 0.3) is 0 Å². The fourth-order valence-corrected chi connectivity index (χ4v) is 3.01. The summed E-state index contributed by atoms with van der Waals surface area (Å²) in [7, 11) is 2.05. The van der Waals surface area contributed by atoms with Crippen LogP contribution in [0.2, 0.25) is 0 Å². The molecule has 2 heteroatoms. The van der Waals surface area contributed by atoms with E-state index in [1.807, 2.05) is 0 Å². The molecule has 2 atom stereocenters. The Bertz CT molecular complexity index is 371. The van der Waals surface area contributed by atoms with Crippen molar-refractivity contribution < 1.29 is 4.74 Å². The van der Waals surface area contributed by atoms with E-state index >= 15 is 0 Å². The van der Waals surface area contributed by atoms with Crippen LogP contribution in [0, 0.1) is 12.8 Å². The van der Waals surface area contributed by atoms with Crippen molar-refractivity contribution in [2.24, 2.45) is 5.92 Å². The molecular formula is C17H27NO. The van der Waals surface area contributed by atoms with Crippen LogP contribution in [0.25, 0.3) is 0 Å². The topological polar surface area (TPSA) is 21.3 Å². The summed E-state index contributed by atoms with van der Waals surface area (Å²) < 4.78 is 5.74. The zero-order valence-corrected chi connectivity index (χ0v) is 12.3. The highest BCUT2D eigenvalue weighted by atomic mass is 16.5. The van der Waals surface area contributed by atoms with Crippen LogP contribution in [0.4, 0.5) is 0 Å². The normalized spacial score (nSPS) is 20.6. The SMILES string of the molecule is CNCC(CCC1CCCO1)Cc1ccccc1C. The lowest BCUT2D eigenvalue weighted by Crippen LogP contribution is -2.22. The smallest absolute Gasteiger partial charge is 0.0576 e. The Kier molecular flexibility index (Phi) is 5.87. The van der Waals surface area contributed by atoms with E-state index in [4.69, 9.17) is 4.74 Å². The molecule has 0 aliphatic carbocycles. The van der Waals surface area contributed by atoms with Crippen molar-refractivity contribution >= 4 is 0 Å². The molecule has 106 valence electrons. The third kappa shape index (κ3) is 4.63. The molecule has 0 radical (unpaired) electrons. The summed E-state index contributed by atoms with van der Waals surface area (Å²) in [5.41, 5.74) is 2.91. The van der Waals surface area contributed by atoms with E-state index in [-0.39, 0.29) is 0 Å². The molecule has 2 nitrogen and oxygen atoms in total. The van der Waals surface area contributed by atoms with Gasteiger partial charge in [-0.2, -0.15) is 0 Å². The maximum Gasteiger partial charge on any atom is 0.0576 e. The Morgan fingerprint density at radius 3 is 2.89 bits per heavy atom. The number of hydrogen-bond acceptors (Lipinski definition) is 2. The monoisotopic (exact) mass is 261 g/mol. The van der Waals surface area contributed by atoms with Gasteiger partial charge < -0.3 is 10.1 Å². The Balaban J connectivity index is 1.86. The van der Waals surface area contributed by atoms with Gasteiger partial charge in [0.05, 0.1) is 6.10 Å². The second-order valence-corrected chi connectivity index (χ2v) is 5.77. The number of ether oxygens (including phenoxy) is 1. The summed E-state index contributed by atoms with van der Waals surface area (Å²) in [6, 6.07) is 8.76. The van der Waals surface area contributed by atoms with E-state index in [1.165, 1.54) is 43.2 Å². The van der Waals surface area contributed by atoms with Gasteiger partial charge in [0.2, 0.25) is 0 Å². The first-order valence-electron chi connectivity index (χ1n) is 7.60. The highest BCUT2D eigenvalue weighted by Gasteiger charge is 2.18. The molecule has 0 spiro atoms. The van der Waals surface area contributed by atoms with E-state index in [9.17, 15) is 0 Å². The first kappa shape index (κ1) is 14.5. The summed E-state index contributed by atoms with van der Waals surface area (Å²) in [6.45, 7) is 4.28. The maximum atomic E-state index is 5.74. The molecule has 2 rings (SSSR count). The second-order valence-electron chi connectivity index (χ2n) is 5.77. The molecule has 2 unspecified atom stereocenters. The van der Waals surface area contributed by atoms with Crippen molar-refractivity contribution in [1.29, 1.82) is 0 Å². The molecule has 1 aromatic carbocycles. The summed E-state index contributed by atoms with van der Waals surface area (Å²) in [5.74, 6) is 0.718. The lowest BCUT2D eigenvalue weighted by atomic mass is 9.91. The van der Waals surface area contributed by atoms with E-state index in [2.05, 4.69) is 43.6 Å². The molecule has 0 aromatic heterocycles. The van der Waals surface area contributed by atoms with Crippen LogP contribution in [0.1, 0.15) is 36.8 Å². The molecule has 1 aliphatic heterocycles. The van der Waals surface area contributed by atoms with Crippen molar-refractivity contribution in [2.45, 2.75) is 45.1 Å². The summed E-state index contributed by atoms with van der Waals surface area (Å²) in [4.78, 5) is 0. The maximum absolute atomic E-state index is 5.74. The van der Waals surface area contributed by atoms with Crippen LogP contribution in [0.15, 0.2) is 24.3 Å². The van der Waals surface area contributed by atoms with Crippen molar-refractivity contribution in [1.82, 2.24) is 5.32 Å². The molecule has 1 aromatic rings. The lowest BCUT2D eigenvalue weighted by Gasteiger charge is -2.19. The third-order valence-electron chi connectivity index (χ3n) is 4.18. The van der Waals surface area contributed by atoms with Crippen molar-refractivity contribution in [3.63, 3.8) is 0 Å². The average molecular weight is 261 g/mol. The minimum Gasteiger partial charge on any atom is -0.378 e. The molecule has 0 saturated carbocycles. The van der Waals surface area contributed by atoms with Gasteiger partial charge in [-0.05, 0) is 69.7 Å². The molecule has 1 heterocycles. The van der Waals surface area contributed by atoms with Crippen LogP contribution in [-0.4, -0.2) is 26.3 Å². The van der Waals surface area contributed by atoms with Gasteiger partial charge in [-0.15, -0.1) is 0 Å². The number of benzene rings is 1. The van der Waals surface area contributed by atoms with Crippen molar-refractivity contribution in [3.05, 3.63) is 35.4 Å². The summed E-state index contributed by atoms with van der Waals surface area (Å²) in [5, 5.41) is 3.34. The minimum atomic E-state index is 0.524. The van der Waals surface area contributed by atoms with Gasteiger partial charge in [0, 0.05) is 6.61 Å². The van der Waals surface area contributed by atoms with Gasteiger partial charge in [-0.25, -0.2) is 0 Å². The quantitative estimate of drug-likeness (QED) is 0.813. The number of hydrogen-bond donors (Lipinski definition) is 1. The first-order chi connectivity index (χ1) is 9.29. The molecule has 1 aliphatic rings. The predicted molar refractivity (Wildman–Crippen MR) is 80.5 cm³/mol. The van der Waals surface area contributed by atoms with Crippen LogP contribution in [0.5, 0.6) is 0 Å². The fraction of sp³-hybridized carbons (Fsp3) is 0.647. The minimum absolute atomic E-state index is 0.524. The Labute approximate surface area is 117 Å². The van der Waals surface area contributed by atoms with E-state index < -0.39 is 0 Å². The standard InChI is InChI=1S/C17H27NO/c1-14-6-3-4-7-16(14)12-15(13-18-2)9-10-17-8-5-11-19-17/h3-4,6-7,15,17-18H,5,8-13H2,1-2H3. The zero-order chi connectivity index (χ0) is 13.5. The summed E-state index contributed by atoms with van der Waals surface area (Å²) in [6.07, 6.45) is 6.70. The van der Waals surface area contributed by atoms with E-state index in [0.29, 0.717) is 6.10 Å². The first-order valence-corrected chi connectivity index (χ1v) is 7.60. The molecule has 19 heavy (non-hydrogen) atoms. The highest BCUT2D eigenvalue weighted by molar-refractivity contribution is 5.25. The van der Waals surface area contributed by atoms with Gasteiger partial charge in [0.15, 0.2) is 0 Å². The van der Waals surface area contributed by atoms with Crippen LogP contribution >= 0.6 is 0 Å². The third-order valence-corrected chi connectivity index (χ3v) is 4.18. The average Bonchev–Trinajstić information content (AvgIpc) is 2.92. The van der Waals surface area contributed by atoms with Crippen LogP contribution in [-0.2, 0) is 11.2 Å². The molecule has 0 bridgehead atoms. The highest BCUT2D eigenvalue weighted by Crippen LogP contribution is 2.22. The number of rotatable bonds is 7. The van der Waals surface area contributed by atoms with Gasteiger partial charge in [0.1, 0.15) is 0 Å².